The van der Waals surface area contributed by atoms with Gasteiger partial charge in [0.2, 0.25) is 5.91 Å². The molecule has 1 atom stereocenters. The number of carbonyl (C=O) groups is 2. The second kappa shape index (κ2) is 14.9. The first-order valence-electron chi connectivity index (χ1n) is 18.2. The summed E-state index contributed by atoms with van der Waals surface area (Å²) in [7, 11) is 1.67. The molecule has 1 unspecified atom stereocenters. The average Bonchev–Trinajstić information content (AvgIpc) is 3.65. The summed E-state index contributed by atoms with van der Waals surface area (Å²) in [6.07, 6.45) is 12.7. The van der Waals surface area contributed by atoms with Gasteiger partial charge in [-0.15, -0.1) is 0 Å². The fourth-order valence-corrected chi connectivity index (χ4v) is 7.88. The van der Waals surface area contributed by atoms with E-state index >= 15 is 0 Å². The number of likely N-dealkylation sites (tertiary alicyclic amines) is 1. The van der Waals surface area contributed by atoms with Crippen LogP contribution in [0.15, 0.2) is 41.1 Å². The molecule has 3 aliphatic carbocycles. The number of hydrogen-bond donors (Lipinski definition) is 1. The van der Waals surface area contributed by atoms with Crippen molar-refractivity contribution in [1.29, 1.82) is 0 Å². The first-order valence-corrected chi connectivity index (χ1v) is 18.2. The second-order valence-electron chi connectivity index (χ2n) is 14.6. The lowest BCUT2D eigenvalue weighted by atomic mass is 9.79. The van der Waals surface area contributed by atoms with E-state index in [-0.39, 0.29) is 36.5 Å². The van der Waals surface area contributed by atoms with Crippen molar-refractivity contribution in [1.82, 2.24) is 19.9 Å². The lowest BCUT2D eigenvalue weighted by Gasteiger charge is -2.35. The highest BCUT2D eigenvalue weighted by atomic mass is 16.6. The number of nitrogens with zero attached hydrogens (tertiary/aromatic N) is 5. The molecule has 0 spiro atoms. The van der Waals surface area contributed by atoms with Gasteiger partial charge >= 0.3 is 6.09 Å². The zero-order valence-corrected chi connectivity index (χ0v) is 28.8. The number of pyridine rings is 2. The van der Waals surface area contributed by atoms with Gasteiger partial charge < -0.3 is 23.9 Å². The molecule has 262 valence electrons. The van der Waals surface area contributed by atoms with Gasteiger partial charge in [-0.05, 0) is 108 Å². The fraction of sp³-hybridized carbons (Fsp3) is 0.605. The minimum atomic E-state index is -0.304. The topological polar surface area (TPSA) is 131 Å². The van der Waals surface area contributed by atoms with E-state index in [9.17, 15) is 14.7 Å². The van der Waals surface area contributed by atoms with E-state index in [0.29, 0.717) is 68.9 Å². The van der Waals surface area contributed by atoms with Crippen LogP contribution in [0.4, 0.5) is 10.6 Å². The molecule has 4 heterocycles. The number of oxazole rings is 1. The monoisotopic (exact) mass is 671 g/mol. The highest BCUT2D eigenvalue weighted by molar-refractivity contribution is 5.94. The number of anilines is 1. The number of ether oxygens (including phenoxy) is 2. The first-order chi connectivity index (χ1) is 23.9. The van der Waals surface area contributed by atoms with Crippen LogP contribution < -0.4 is 9.64 Å². The molecule has 4 fully saturated rings. The van der Waals surface area contributed by atoms with Gasteiger partial charge in [-0.1, -0.05) is 0 Å². The lowest BCUT2D eigenvalue weighted by Crippen LogP contribution is -2.43. The highest BCUT2D eigenvalue weighted by Crippen LogP contribution is 2.41. The highest BCUT2D eigenvalue weighted by Gasteiger charge is 2.36. The Hall–Kier alpha value is -3.99. The van der Waals surface area contributed by atoms with E-state index in [1.165, 1.54) is 0 Å². The van der Waals surface area contributed by atoms with Crippen LogP contribution in [-0.2, 0) is 9.53 Å². The van der Waals surface area contributed by atoms with Gasteiger partial charge in [0, 0.05) is 67.4 Å². The fourth-order valence-electron chi connectivity index (χ4n) is 7.88. The molecular formula is C38H49N5O6. The smallest absolute Gasteiger partial charge is 0.410 e. The number of amides is 2. The number of carbonyl (C=O) groups excluding carboxylic acids is 2. The molecule has 7 rings (SSSR count). The van der Waals surface area contributed by atoms with E-state index in [1.807, 2.05) is 30.0 Å². The van der Waals surface area contributed by atoms with E-state index in [1.54, 1.807) is 24.5 Å². The SMILES string of the molecule is COc1ccc(C2CCC(CN(C(=O)C3CCC(OC(=O)N4CCC(CO)C4)CC3)c3cc(-c4coc(C5CC5)n4)ccn3)CC2)nc1C. The van der Waals surface area contributed by atoms with E-state index in [2.05, 4.69) is 6.07 Å². The molecule has 0 bridgehead atoms. The third-order valence-electron chi connectivity index (χ3n) is 11.1. The van der Waals surface area contributed by atoms with Gasteiger partial charge in [0.1, 0.15) is 29.6 Å². The summed E-state index contributed by atoms with van der Waals surface area (Å²) in [5, 5.41) is 9.45. The van der Waals surface area contributed by atoms with Crippen molar-refractivity contribution in [2.24, 2.45) is 17.8 Å². The summed E-state index contributed by atoms with van der Waals surface area (Å²) in [4.78, 5) is 45.1. The predicted molar refractivity (Wildman–Crippen MR) is 183 cm³/mol. The maximum absolute atomic E-state index is 14.4. The summed E-state index contributed by atoms with van der Waals surface area (Å²) < 4.78 is 17.1. The Balaban J connectivity index is 1.03. The van der Waals surface area contributed by atoms with Crippen LogP contribution in [0.5, 0.6) is 5.75 Å². The van der Waals surface area contributed by atoms with Crippen molar-refractivity contribution in [2.75, 3.05) is 38.3 Å². The average molecular weight is 672 g/mol. The molecule has 49 heavy (non-hydrogen) atoms. The van der Waals surface area contributed by atoms with Gasteiger partial charge in [-0.3, -0.25) is 14.7 Å². The third-order valence-corrected chi connectivity index (χ3v) is 11.1. The first kappa shape index (κ1) is 33.5. The van der Waals surface area contributed by atoms with Crippen LogP contribution in [0.1, 0.15) is 99.7 Å². The molecule has 1 saturated heterocycles. The molecule has 3 aromatic heterocycles. The van der Waals surface area contributed by atoms with Gasteiger partial charge in [0.05, 0.1) is 12.8 Å². The predicted octanol–water partition coefficient (Wildman–Crippen LogP) is 6.64. The molecule has 1 N–H and O–H groups in total. The molecule has 4 aliphatic rings. The van der Waals surface area contributed by atoms with Crippen molar-refractivity contribution in [2.45, 2.75) is 95.5 Å². The van der Waals surface area contributed by atoms with E-state index < -0.39 is 0 Å². The van der Waals surface area contributed by atoms with Gasteiger partial charge in [0.25, 0.3) is 0 Å². The standard InChI is InChI=1S/C38H49N5O6/c1-24-34(47-2)14-13-32(40-24)27-5-3-25(4-6-27)21-43(35-19-30(15-17-39-35)33-23-48-36(41-33)28-7-8-28)37(45)29-9-11-31(12-10-29)49-38(46)42-18-16-26(20-42)22-44/h13-15,17,19,23,25-29,31,44H,3-12,16,18,20-22H2,1-2H3. The van der Waals surface area contributed by atoms with Crippen LogP contribution in [0.25, 0.3) is 11.3 Å². The van der Waals surface area contributed by atoms with Gasteiger partial charge in [-0.25, -0.2) is 14.8 Å². The minimum Gasteiger partial charge on any atom is -0.495 e. The summed E-state index contributed by atoms with van der Waals surface area (Å²) in [5.41, 5.74) is 3.69. The number of hydrogen-bond acceptors (Lipinski definition) is 9. The van der Waals surface area contributed by atoms with Crippen LogP contribution in [-0.4, -0.2) is 76.4 Å². The molecule has 2 amide bonds. The summed E-state index contributed by atoms with van der Waals surface area (Å²) in [5.74, 6) is 3.46. The number of rotatable bonds is 10. The molecule has 11 nitrogen and oxygen atoms in total. The zero-order chi connectivity index (χ0) is 33.9. The molecule has 0 radical (unpaired) electrons. The van der Waals surface area contributed by atoms with Crippen LogP contribution in [0.2, 0.25) is 0 Å². The molecular weight excluding hydrogens is 622 g/mol. The molecule has 3 saturated carbocycles. The number of aryl methyl sites for hydroxylation is 1. The number of methoxy groups -OCH3 is 1. The summed E-state index contributed by atoms with van der Waals surface area (Å²) in [6.45, 7) is 3.85. The molecule has 11 heteroatoms. The molecule has 0 aromatic carbocycles. The van der Waals surface area contributed by atoms with Crippen molar-refractivity contribution in [3.8, 4) is 17.0 Å². The summed E-state index contributed by atoms with van der Waals surface area (Å²) >= 11 is 0. The maximum Gasteiger partial charge on any atom is 0.410 e. The number of aliphatic hydroxyl groups excluding tert-OH is 1. The number of aromatic nitrogens is 3. The Morgan fingerprint density at radius 2 is 1.73 bits per heavy atom. The zero-order valence-electron chi connectivity index (χ0n) is 28.8. The second-order valence-corrected chi connectivity index (χ2v) is 14.6. The Bertz CT molecular complexity index is 1610. The van der Waals surface area contributed by atoms with Crippen molar-refractivity contribution < 1.29 is 28.6 Å². The largest absolute Gasteiger partial charge is 0.495 e. The van der Waals surface area contributed by atoms with Crippen LogP contribution in [0.3, 0.4) is 0 Å². The van der Waals surface area contributed by atoms with Crippen molar-refractivity contribution in [3.05, 3.63) is 54.0 Å². The Kier molecular flexibility index (Phi) is 10.2. The van der Waals surface area contributed by atoms with Crippen LogP contribution in [0, 0.1) is 24.7 Å². The quantitative estimate of drug-likeness (QED) is 0.252. The lowest BCUT2D eigenvalue weighted by molar-refractivity contribution is -0.124. The van der Waals surface area contributed by atoms with E-state index in [0.717, 1.165) is 79.2 Å². The Morgan fingerprint density at radius 1 is 0.959 bits per heavy atom. The van der Waals surface area contributed by atoms with Crippen LogP contribution >= 0.6 is 0 Å². The number of aliphatic hydroxyl groups is 1. The van der Waals surface area contributed by atoms with Crippen molar-refractivity contribution in [3.63, 3.8) is 0 Å². The van der Waals surface area contributed by atoms with E-state index in [4.69, 9.17) is 28.8 Å². The Labute approximate surface area is 288 Å². The third kappa shape index (κ3) is 7.77. The summed E-state index contributed by atoms with van der Waals surface area (Å²) in [6, 6.07) is 8.01. The van der Waals surface area contributed by atoms with Gasteiger partial charge in [-0.2, -0.15) is 0 Å². The molecule has 3 aromatic rings. The van der Waals surface area contributed by atoms with Gasteiger partial charge in [0.15, 0.2) is 5.89 Å². The minimum absolute atomic E-state index is 0.0897. The maximum atomic E-state index is 14.4. The Morgan fingerprint density at radius 3 is 2.43 bits per heavy atom. The normalized spacial score (nSPS) is 25.6. The van der Waals surface area contributed by atoms with Crippen molar-refractivity contribution >= 4 is 17.8 Å². The molecule has 1 aliphatic heterocycles.